The van der Waals surface area contributed by atoms with Crippen molar-refractivity contribution in [2.75, 3.05) is 14.2 Å². The fourth-order valence-corrected chi connectivity index (χ4v) is 5.96. The monoisotopic (exact) mass is 622 g/mol. The van der Waals surface area contributed by atoms with Gasteiger partial charge in [0.05, 0.1) is 30.4 Å². The van der Waals surface area contributed by atoms with Gasteiger partial charge in [-0.2, -0.15) is 0 Å². The van der Waals surface area contributed by atoms with Crippen molar-refractivity contribution in [3.8, 4) is 22.8 Å². The Morgan fingerprint density at radius 2 is 1.90 bits per heavy atom. The van der Waals surface area contributed by atoms with Crippen molar-refractivity contribution in [1.29, 1.82) is 0 Å². The molecule has 0 spiro atoms. The standard InChI is InChI=1S/C29H23BrN2O7S/c1-4-21(33)19-14-31-29-32(26(19)18-12-23(37-2)24(38-3)13-20(18)30)27(34)25(40-29)11-17-8-9-22(39-17)15-6-5-7-16(10-15)28(35)36/h5-14,26H,4H2,1-3H3,(H,35,36)/b25-11-. The van der Waals surface area contributed by atoms with Crippen LogP contribution in [0.25, 0.3) is 17.4 Å². The van der Waals surface area contributed by atoms with E-state index >= 15 is 0 Å². The number of ether oxygens (including phenoxy) is 2. The van der Waals surface area contributed by atoms with E-state index in [1.165, 1.54) is 48.5 Å². The smallest absolute Gasteiger partial charge is 0.335 e. The zero-order valence-corrected chi connectivity index (χ0v) is 24.0. The van der Waals surface area contributed by atoms with Gasteiger partial charge in [-0.15, -0.1) is 0 Å². The minimum Gasteiger partial charge on any atom is -0.493 e. The van der Waals surface area contributed by atoms with Crippen molar-refractivity contribution in [2.24, 2.45) is 4.99 Å². The molecular formula is C29H23BrN2O7S. The van der Waals surface area contributed by atoms with Gasteiger partial charge in [0, 0.05) is 34.3 Å². The molecule has 2 aromatic carbocycles. The number of benzene rings is 2. The van der Waals surface area contributed by atoms with Gasteiger partial charge in [0.25, 0.3) is 5.56 Å². The summed E-state index contributed by atoms with van der Waals surface area (Å²) in [6.07, 6.45) is 3.38. The Bertz CT molecular complexity index is 1870. The van der Waals surface area contributed by atoms with Crippen LogP contribution in [0.5, 0.6) is 11.5 Å². The number of hydrogen-bond acceptors (Lipinski definition) is 8. The molecule has 2 aromatic heterocycles. The number of rotatable bonds is 8. The van der Waals surface area contributed by atoms with E-state index in [1.807, 2.05) is 0 Å². The molecule has 1 aliphatic rings. The topological polar surface area (TPSA) is 120 Å². The van der Waals surface area contributed by atoms with Gasteiger partial charge < -0.3 is 19.0 Å². The molecule has 1 atom stereocenters. The Morgan fingerprint density at radius 1 is 1.15 bits per heavy atom. The van der Waals surface area contributed by atoms with Crippen LogP contribution in [-0.2, 0) is 4.79 Å². The summed E-state index contributed by atoms with van der Waals surface area (Å²) in [5, 5.41) is 9.29. The van der Waals surface area contributed by atoms with Crippen LogP contribution >= 0.6 is 27.3 Å². The molecule has 0 aliphatic carbocycles. The van der Waals surface area contributed by atoms with Crippen LogP contribution in [0.2, 0.25) is 0 Å². The van der Waals surface area contributed by atoms with Crippen LogP contribution in [0.4, 0.5) is 0 Å². The number of halogens is 1. The Morgan fingerprint density at radius 3 is 2.60 bits per heavy atom. The molecule has 9 nitrogen and oxygen atoms in total. The summed E-state index contributed by atoms with van der Waals surface area (Å²) in [6.45, 7) is 1.76. The summed E-state index contributed by atoms with van der Waals surface area (Å²) >= 11 is 4.76. The lowest BCUT2D eigenvalue weighted by molar-refractivity contribution is -0.115. The lowest BCUT2D eigenvalue weighted by Gasteiger charge is -2.24. The van der Waals surface area contributed by atoms with Gasteiger partial charge in [-0.05, 0) is 42.0 Å². The summed E-state index contributed by atoms with van der Waals surface area (Å²) in [4.78, 5) is 43.0. The first kappa shape index (κ1) is 27.4. The van der Waals surface area contributed by atoms with E-state index in [4.69, 9.17) is 13.9 Å². The third kappa shape index (κ3) is 4.93. The molecule has 40 heavy (non-hydrogen) atoms. The van der Waals surface area contributed by atoms with E-state index < -0.39 is 12.0 Å². The number of carbonyl (C=O) groups excluding carboxylic acids is 1. The Balaban J connectivity index is 1.63. The van der Waals surface area contributed by atoms with Crippen LogP contribution in [-0.4, -0.2) is 35.6 Å². The van der Waals surface area contributed by atoms with Crippen LogP contribution in [0.3, 0.4) is 0 Å². The zero-order chi connectivity index (χ0) is 28.6. The van der Waals surface area contributed by atoms with E-state index in [0.717, 1.165) is 0 Å². The van der Waals surface area contributed by atoms with Crippen LogP contribution in [0.15, 0.2) is 79.0 Å². The molecule has 1 N–H and O–H groups in total. The minimum absolute atomic E-state index is 0.135. The number of furan rings is 1. The molecule has 5 rings (SSSR count). The maximum atomic E-state index is 13.8. The van der Waals surface area contributed by atoms with Gasteiger partial charge in [-0.3, -0.25) is 14.2 Å². The highest BCUT2D eigenvalue weighted by Crippen LogP contribution is 2.40. The molecule has 1 unspecified atom stereocenters. The number of thiazole rings is 1. The number of Topliss-reactive ketones (excluding diaryl/α,β-unsaturated/α-hetero) is 1. The van der Waals surface area contributed by atoms with E-state index in [9.17, 15) is 19.5 Å². The van der Waals surface area contributed by atoms with E-state index in [1.54, 1.807) is 49.4 Å². The Labute approximate surface area is 240 Å². The van der Waals surface area contributed by atoms with Gasteiger partial charge in [0.2, 0.25) is 0 Å². The summed E-state index contributed by atoms with van der Waals surface area (Å²) in [5.41, 5.74) is 1.43. The largest absolute Gasteiger partial charge is 0.493 e. The summed E-state index contributed by atoms with van der Waals surface area (Å²) < 4.78 is 19.3. The first-order valence-corrected chi connectivity index (χ1v) is 13.8. The van der Waals surface area contributed by atoms with Crippen molar-refractivity contribution in [1.82, 2.24) is 4.57 Å². The van der Waals surface area contributed by atoms with Gasteiger partial charge in [0.1, 0.15) is 11.5 Å². The summed E-state index contributed by atoms with van der Waals surface area (Å²) in [7, 11) is 3.05. The molecular weight excluding hydrogens is 600 g/mol. The fourth-order valence-electron chi connectivity index (χ4n) is 4.47. The van der Waals surface area contributed by atoms with Gasteiger partial charge in [0.15, 0.2) is 22.1 Å². The Hall–Kier alpha value is -4.22. The molecule has 204 valence electrons. The summed E-state index contributed by atoms with van der Waals surface area (Å²) in [6, 6.07) is 12.6. The van der Waals surface area contributed by atoms with Crippen LogP contribution < -0.4 is 24.4 Å². The molecule has 11 heteroatoms. The third-order valence-electron chi connectivity index (χ3n) is 6.44. The zero-order valence-electron chi connectivity index (χ0n) is 21.6. The highest BCUT2D eigenvalue weighted by Gasteiger charge is 2.31. The predicted octanol–water partition coefficient (Wildman–Crippen LogP) is 4.56. The average molecular weight is 623 g/mol. The number of fused-ring (bicyclic) bond motifs is 1. The molecule has 0 fully saturated rings. The molecule has 0 radical (unpaired) electrons. The first-order chi connectivity index (χ1) is 19.2. The quantitative estimate of drug-likeness (QED) is 0.306. The fraction of sp³-hybridized carbons (Fsp3) is 0.172. The van der Waals surface area contributed by atoms with E-state index in [0.29, 0.717) is 53.5 Å². The average Bonchev–Trinajstić information content (AvgIpc) is 3.56. The van der Waals surface area contributed by atoms with Crippen molar-refractivity contribution in [3.63, 3.8) is 0 Å². The highest BCUT2D eigenvalue weighted by atomic mass is 79.9. The number of methoxy groups -OCH3 is 2. The van der Waals surface area contributed by atoms with Crippen molar-refractivity contribution >= 4 is 45.1 Å². The van der Waals surface area contributed by atoms with Crippen molar-refractivity contribution in [3.05, 3.63) is 101 Å². The Kier molecular flexibility index (Phi) is 7.59. The lowest BCUT2D eigenvalue weighted by Crippen LogP contribution is -2.38. The van der Waals surface area contributed by atoms with Crippen LogP contribution in [0.1, 0.15) is 41.1 Å². The first-order valence-electron chi connectivity index (χ1n) is 12.1. The number of carboxylic acids is 1. The number of nitrogens with zero attached hydrogens (tertiary/aromatic N) is 2. The number of allylic oxidation sites excluding steroid dienone is 1. The molecule has 4 aromatic rings. The van der Waals surface area contributed by atoms with Gasteiger partial charge >= 0.3 is 5.97 Å². The lowest BCUT2D eigenvalue weighted by atomic mass is 9.94. The third-order valence-corrected chi connectivity index (χ3v) is 8.12. The molecule has 1 aliphatic heterocycles. The number of ketones is 1. The van der Waals surface area contributed by atoms with E-state index in [-0.39, 0.29) is 23.3 Å². The molecule has 0 saturated carbocycles. The second-order valence-corrected chi connectivity index (χ2v) is 10.6. The molecule has 3 heterocycles. The number of hydrogen-bond donors (Lipinski definition) is 1. The minimum atomic E-state index is -1.04. The molecule has 0 saturated heterocycles. The van der Waals surface area contributed by atoms with Gasteiger partial charge in [-0.25, -0.2) is 9.79 Å². The SMILES string of the molecule is CCC(=O)C1=CN=c2s/c(=C\c3ccc(-c4cccc(C(=O)O)c4)o3)c(=O)n2C1c1cc(OC)c(OC)cc1Br. The number of aromatic nitrogens is 1. The van der Waals surface area contributed by atoms with Crippen LogP contribution in [0, 0.1) is 0 Å². The normalized spacial score (nSPS) is 14.8. The molecule has 0 bridgehead atoms. The second-order valence-electron chi connectivity index (χ2n) is 8.78. The number of aromatic carboxylic acids is 1. The van der Waals surface area contributed by atoms with Gasteiger partial charge in [-0.1, -0.05) is 46.3 Å². The van der Waals surface area contributed by atoms with Crippen molar-refractivity contribution in [2.45, 2.75) is 19.4 Å². The second kappa shape index (κ2) is 11.1. The maximum Gasteiger partial charge on any atom is 0.335 e. The van der Waals surface area contributed by atoms with E-state index in [2.05, 4.69) is 20.9 Å². The summed E-state index contributed by atoms with van der Waals surface area (Å²) in [5.74, 6) is 0.660. The molecule has 0 amide bonds. The number of carbonyl (C=O) groups is 2. The number of carboxylic acid groups (broad SMARTS) is 1. The highest BCUT2D eigenvalue weighted by molar-refractivity contribution is 9.10. The predicted molar refractivity (Wildman–Crippen MR) is 153 cm³/mol. The van der Waals surface area contributed by atoms with Crippen molar-refractivity contribution < 1.29 is 28.6 Å². The maximum absolute atomic E-state index is 13.8.